The molecule has 1 unspecified atom stereocenters. The Hall–Kier alpha value is -1.14. The average molecular weight is 293 g/mol. The smallest absolute Gasteiger partial charge is 0.396 e. The van der Waals surface area contributed by atoms with E-state index in [-0.39, 0.29) is 25.1 Å². The maximum absolute atomic E-state index is 13.1. The first-order valence-electron chi connectivity index (χ1n) is 6.45. The number of rotatable bonds is 6. The van der Waals surface area contributed by atoms with Crippen LogP contribution in [0.15, 0.2) is 18.2 Å². The van der Waals surface area contributed by atoms with Crippen molar-refractivity contribution < 1.29 is 22.7 Å². The van der Waals surface area contributed by atoms with Gasteiger partial charge in [-0.1, -0.05) is 19.9 Å². The van der Waals surface area contributed by atoms with E-state index in [0.29, 0.717) is 12.0 Å². The van der Waals surface area contributed by atoms with Crippen molar-refractivity contribution in [3.05, 3.63) is 35.1 Å². The Bertz CT molecular complexity index is 432. The predicted molar refractivity (Wildman–Crippen MR) is 68.6 cm³/mol. The van der Waals surface area contributed by atoms with E-state index in [1.54, 1.807) is 0 Å². The molecule has 1 aromatic carbocycles. The molecule has 0 bridgehead atoms. The third-order valence-corrected chi connectivity index (χ3v) is 3.15. The number of halogens is 4. The van der Waals surface area contributed by atoms with Gasteiger partial charge >= 0.3 is 6.18 Å². The van der Waals surface area contributed by atoms with Crippen LogP contribution in [-0.4, -0.2) is 17.8 Å². The van der Waals surface area contributed by atoms with Crippen LogP contribution >= 0.6 is 0 Å². The largest absolute Gasteiger partial charge is 0.419 e. The van der Waals surface area contributed by atoms with Crippen LogP contribution in [0.1, 0.15) is 31.4 Å². The first-order valence-corrected chi connectivity index (χ1v) is 6.45. The number of aliphatic hydroxyl groups is 1. The average Bonchev–Trinajstić information content (AvgIpc) is 2.34. The van der Waals surface area contributed by atoms with Crippen molar-refractivity contribution in [3.63, 3.8) is 0 Å². The van der Waals surface area contributed by atoms with E-state index in [2.05, 4.69) is 5.32 Å². The van der Waals surface area contributed by atoms with Crippen LogP contribution in [-0.2, 0) is 12.7 Å². The lowest BCUT2D eigenvalue weighted by Gasteiger charge is -2.22. The number of aliphatic hydroxyl groups excluding tert-OH is 1. The van der Waals surface area contributed by atoms with Crippen molar-refractivity contribution >= 4 is 0 Å². The zero-order chi connectivity index (χ0) is 15.3. The Morgan fingerprint density at radius 2 is 1.90 bits per heavy atom. The summed E-state index contributed by atoms with van der Waals surface area (Å²) >= 11 is 0. The summed E-state index contributed by atoms with van der Waals surface area (Å²) in [5, 5.41) is 12.0. The standard InChI is InChI=1S/C14H19F4NO/c1-9(2)13(5-6-20)19-8-10-3-4-12(15)11(7-10)14(16,17)18/h3-4,7,9,13,19-20H,5-6,8H2,1-2H3. The first-order chi connectivity index (χ1) is 9.25. The van der Waals surface area contributed by atoms with Crippen LogP contribution < -0.4 is 5.32 Å². The minimum absolute atomic E-state index is 0.000565. The van der Waals surface area contributed by atoms with E-state index < -0.39 is 17.6 Å². The molecule has 0 aliphatic rings. The molecule has 114 valence electrons. The fraction of sp³-hybridized carbons (Fsp3) is 0.571. The van der Waals surface area contributed by atoms with Crippen molar-refractivity contribution in [3.8, 4) is 0 Å². The molecule has 0 fully saturated rings. The molecule has 1 aromatic rings. The molecule has 0 aliphatic carbocycles. The lowest BCUT2D eigenvalue weighted by Crippen LogP contribution is -2.34. The maximum atomic E-state index is 13.1. The minimum Gasteiger partial charge on any atom is -0.396 e. The van der Waals surface area contributed by atoms with Crippen LogP contribution in [0.5, 0.6) is 0 Å². The number of nitrogens with one attached hydrogen (secondary N) is 1. The SMILES string of the molecule is CC(C)C(CCO)NCc1ccc(F)c(C(F)(F)F)c1. The molecule has 0 aromatic heterocycles. The van der Waals surface area contributed by atoms with E-state index in [4.69, 9.17) is 5.11 Å². The van der Waals surface area contributed by atoms with Gasteiger partial charge in [0.1, 0.15) is 5.82 Å². The van der Waals surface area contributed by atoms with Crippen LogP contribution in [0.2, 0.25) is 0 Å². The summed E-state index contributed by atoms with van der Waals surface area (Å²) in [5.74, 6) is -1.03. The van der Waals surface area contributed by atoms with Gasteiger partial charge in [-0.2, -0.15) is 13.2 Å². The molecule has 2 nitrogen and oxygen atoms in total. The van der Waals surface area contributed by atoms with Crippen LogP contribution in [0, 0.1) is 11.7 Å². The van der Waals surface area contributed by atoms with Crippen molar-refractivity contribution in [2.75, 3.05) is 6.61 Å². The van der Waals surface area contributed by atoms with E-state index >= 15 is 0 Å². The molecular formula is C14H19F4NO. The van der Waals surface area contributed by atoms with Crippen LogP contribution in [0.3, 0.4) is 0 Å². The fourth-order valence-electron chi connectivity index (χ4n) is 1.96. The van der Waals surface area contributed by atoms with Crippen LogP contribution in [0.4, 0.5) is 17.6 Å². The summed E-state index contributed by atoms with van der Waals surface area (Å²) in [6.45, 7) is 4.12. The molecule has 0 radical (unpaired) electrons. The van der Waals surface area contributed by atoms with E-state index in [1.165, 1.54) is 6.07 Å². The molecule has 6 heteroatoms. The minimum atomic E-state index is -4.69. The van der Waals surface area contributed by atoms with Gasteiger partial charge in [0.2, 0.25) is 0 Å². The quantitative estimate of drug-likeness (QED) is 0.788. The highest BCUT2D eigenvalue weighted by Gasteiger charge is 2.34. The first kappa shape index (κ1) is 16.9. The van der Waals surface area contributed by atoms with Crippen LogP contribution in [0.25, 0.3) is 0 Å². The van der Waals surface area contributed by atoms with Crippen molar-refractivity contribution in [1.82, 2.24) is 5.32 Å². The summed E-state index contributed by atoms with van der Waals surface area (Å²) in [6.07, 6.45) is -4.17. The summed E-state index contributed by atoms with van der Waals surface area (Å²) in [7, 11) is 0. The van der Waals surface area contributed by atoms with E-state index in [1.807, 2.05) is 13.8 Å². The number of hydrogen-bond acceptors (Lipinski definition) is 2. The van der Waals surface area contributed by atoms with Gasteiger partial charge in [-0.25, -0.2) is 4.39 Å². The second-order valence-electron chi connectivity index (χ2n) is 5.06. The van der Waals surface area contributed by atoms with Gasteiger partial charge in [0.05, 0.1) is 5.56 Å². The highest BCUT2D eigenvalue weighted by molar-refractivity contribution is 5.27. The predicted octanol–water partition coefficient (Wildman–Crippen LogP) is 3.34. The second kappa shape index (κ2) is 7.04. The fourth-order valence-corrected chi connectivity index (χ4v) is 1.96. The summed E-state index contributed by atoms with van der Waals surface area (Å²) < 4.78 is 50.9. The van der Waals surface area contributed by atoms with Gasteiger partial charge in [-0.15, -0.1) is 0 Å². The molecule has 20 heavy (non-hydrogen) atoms. The molecule has 2 N–H and O–H groups in total. The summed E-state index contributed by atoms with van der Waals surface area (Å²) in [5.41, 5.74) is -0.887. The van der Waals surface area contributed by atoms with Crippen molar-refractivity contribution in [2.24, 2.45) is 5.92 Å². The molecular weight excluding hydrogens is 274 g/mol. The highest BCUT2D eigenvalue weighted by Crippen LogP contribution is 2.31. The summed E-state index contributed by atoms with van der Waals surface area (Å²) in [6, 6.07) is 2.97. The Kier molecular flexibility index (Phi) is 5.95. The molecule has 0 amide bonds. The zero-order valence-corrected chi connectivity index (χ0v) is 11.5. The lowest BCUT2D eigenvalue weighted by atomic mass is 10.0. The highest BCUT2D eigenvalue weighted by atomic mass is 19.4. The molecule has 0 saturated carbocycles. The third kappa shape index (κ3) is 4.76. The van der Waals surface area contributed by atoms with E-state index in [0.717, 1.165) is 12.1 Å². The number of hydrogen-bond donors (Lipinski definition) is 2. The van der Waals surface area contributed by atoms with Gasteiger partial charge in [-0.05, 0) is 30.0 Å². The van der Waals surface area contributed by atoms with Crippen molar-refractivity contribution in [1.29, 1.82) is 0 Å². The monoisotopic (exact) mass is 293 g/mol. The summed E-state index contributed by atoms with van der Waals surface area (Å²) in [4.78, 5) is 0. The Morgan fingerprint density at radius 1 is 1.25 bits per heavy atom. The Balaban J connectivity index is 2.78. The lowest BCUT2D eigenvalue weighted by molar-refractivity contribution is -0.140. The Labute approximate surface area is 115 Å². The van der Waals surface area contributed by atoms with Gasteiger partial charge < -0.3 is 10.4 Å². The second-order valence-corrected chi connectivity index (χ2v) is 5.06. The van der Waals surface area contributed by atoms with E-state index in [9.17, 15) is 17.6 Å². The number of benzene rings is 1. The zero-order valence-electron chi connectivity index (χ0n) is 11.5. The topological polar surface area (TPSA) is 32.3 Å². The molecule has 0 spiro atoms. The molecule has 1 rings (SSSR count). The number of alkyl halides is 3. The molecule has 0 heterocycles. The van der Waals surface area contributed by atoms with Crippen molar-refractivity contribution in [2.45, 2.75) is 39.0 Å². The normalized spacial score (nSPS) is 13.8. The van der Waals surface area contributed by atoms with Gasteiger partial charge in [0.15, 0.2) is 0 Å². The molecule has 0 aliphatic heterocycles. The van der Waals surface area contributed by atoms with Gasteiger partial charge in [0.25, 0.3) is 0 Å². The third-order valence-electron chi connectivity index (χ3n) is 3.15. The molecule has 1 atom stereocenters. The maximum Gasteiger partial charge on any atom is 0.419 e. The molecule has 0 saturated heterocycles. The Morgan fingerprint density at radius 3 is 2.40 bits per heavy atom. The van der Waals surface area contributed by atoms with Gasteiger partial charge in [-0.3, -0.25) is 0 Å². The van der Waals surface area contributed by atoms with Gasteiger partial charge in [0, 0.05) is 19.2 Å².